The van der Waals surface area contributed by atoms with E-state index in [2.05, 4.69) is 26.1 Å². The largest absolute Gasteiger partial charge is 0.478 e. The molecule has 1 aromatic rings. The van der Waals surface area contributed by atoms with Crippen LogP contribution in [0.3, 0.4) is 0 Å². The highest BCUT2D eigenvalue weighted by atomic mass is 16.4. The van der Waals surface area contributed by atoms with Crippen molar-refractivity contribution in [3.05, 3.63) is 29.8 Å². The van der Waals surface area contributed by atoms with Crippen LogP contribution in [0.15, 0.2) is 24.3 Å². The maximum atomic E-state index is 10.8. The number of rotatable bonds is 5. The minimum absolute atomic E-state index is 0.342. The number of nitrogens with one attached hydrogen (secondary N) is 1. The highest BCUT2D eigenvalue weighted by Gasteiger charge is 2.31. The first-order valence-electron chi connectivity index (χ1n) is 8.02. The maximum absolute atomic E-state index is 10.8. The summed E-state index contributed by atoms with van der Waals surface area (Å²) in [6.45, 7) is 7.06. The van der Waals surface area contributed by atoms with Crippen LogP contribution in [-0.4, -0.2) is 17.1 Å². The second-order valence-corrected chi connectivity index (χ2v) is 6.92. The second-order valence-electron chi connectivity index (χ2n) is 6.92. The second kappa shape index (κ2) is 6.50. The summed E-state index contributed by atoms with van der Waals surface area (Å²) in [6.07, 6.45) is 6.22. The van der Waals surface area contributed by atoms with Crippen molar-refractivity contribution in [1.29, 1.82) is 0 Å². The van der Waals surface area contributed by atoms with Crippen LogP contribution in [-0.2, 0) is 0 Å². The molecule has 0 amide bonds. The molecule has 1 aliphatic carbocycles. The van der Waals surface area contributed by atoms with E-state index in [0.29, 0.717) is 17.0 Å². The summed E-state index contributed by atoms with van der Waals surface area (Å²) >= 11 is 0. The zero-order valence-electron chi connectivity index (χ0n) is 13.4. The summed E-state index contributed by atoms with van der Waals surface area (Å²) in [4.78, 5) is 10.8. The first-order valence-corrected chi connectivity index (χ1v) is 8.02. The summed E-state index contributed by atoms with van der Waals surface area (Å²) in [5.41, 5.74) is 1.82. The van der Waals surface area contributed by atoms with Gasteiger partial charge >= 0.3 is 5.97 Å². The van der Waals surface area contributed by atoms with Crippen LogP contribution in [0, 0.1) is 11.3 Å². The molecule has 0 aliphatic heterocycles. The fraction of sp³-hybridized carbons (Fsp3) is 0.611. The molecule has 0 saturated heterocycles. The highest BCUT2D eigenvalue weighted by Crippen LogP contribution is 2.40. The van der Waals surface area contributed by atoms with Gasteiger partial charge in [0.25, 0.3) is 0 Å². The zero-order chi connectivity index (χ0) is 15.5. The molecule has 0 bridgehead atoms. The van der Waals surface area contributed by atoms with Crippen molar-refractivity contribution in [2.45, 2.75) is 58.9 Å². The Bertz CT molecular complexity index is 470. The normalized spacial score (nSPS) is 22.8. The fourth-order valence-electron chi connectivity index (χ4n) is 3.25. The molecular weight excluding hydrogens is 262 g/mol. The number of hydrogen-bond acceptors (Lipinski definition) is 2. The summed E-state index contributed by atoms with van der Waals surface area (Å²) < 4.78 is 0. The summed E-state index contributed by atoms with van der Waals surface area (Å²) in [7, 11) is 0. The molecule has 0 radical (unpaired) electrons. The Kier molecular flexibility index (Phi) is 4.92. The Morgan fingerprint density at radius 1 is 1.19 bits per heavy atom. The molecule has 3 nitrogen and oxygen atoms in total. The monoisotopic (exact) mass is 289 g/mol. The fourth-order valence-corrected chi connectivity index (χ4v) is 3.25. The molecule has 1 saturated carbocycles. The van der Waals surface area contributed by atoms with Gasteiger partial charge in [-0.05, 0) is 61.3 Å². The Hall–Kier alpha value is -1.51. The SMILES string of the molecule is CCC(C)(C)C1CCC(Nc2ccc(C(=O)O)cc2)CC1. The predicted octanol–water partition coefficient (Wildman–Crippen LogP) is 4.79. The number of carbonyl (C=O) groups is 1. The van der Waals surface area contributed by atoms with Crippen LogP contribution in [0.4, 0.5) is 5.69 Å². The van der Waals surface area contributed by atoms with Crippen molar-refractivity contribution in [2.24, 2.45) is 11.3 Å². The Morgan fingerprint density at radius 3 is 2.24 bits per heavy atom. The van der Waals surface area contributed by atoms with Crippen molar-refractivity contribution < 1.29 is 9.90 Å². The Morgan fingerprint density at radius 2 is 1.76 bits per heavy atom. The quantitative estimate of drug-likeness (QED) is 0.819. The van der Waals surface area contributed by atoms with E-state index in [4.69, 9.17) is 5.11 Å². The van der Waals surface area contributed by atoms with Crippen molar-refractivity contribution >= 4 is 11.7 Å². The molecule has 2 rings (SSSR count). The molecule has 21 heavy (non-hydrogen) atoms. The van der Waals surface area contributed by atoms with Crippen molar-refractivity contribution in [2.75, 3.05) is 5.32 Å². The van der Waals surface area contributed by atoms with Gasteiger partial charge in [-0.15, -0.1) is 0 Å². The summed E-state index contributed by atoms with van der Waals surface area (Å²) in [5.74, 6) is -0.0428. The van der Waals surface area contributed by atoms with Gasteiger partial charge in [0, 0.05) is 11.7 Å². The van der Waals surface area contributed by atoms with E-state index < -0.39 is 5.97 Å². The van der Waals surface area contributed by atoms with E-state index in [-0.39, 0.29) is 0 Å². The van der Waals surface area contributed by atoms with Crippen LogP contribution in [0.5, 0.6) is 0 Å². The molecule has 0 heterocycles. The number of aromatic carboxylic acids is 1. The third kappa shape index (κ3) is 3.99. The third-order valence-electron chi connectivity index (χ3n) is 5.25. The van der Waals surface area contributed by atoms with Gasteiger partial charge in [-0.25, -0.2) is 4.79 Å². The van der Waals surface area contributed by atoms with Gasteiger partial charge in [-0.3, -0.25) is 0 Å². The lowest BCUT2D eigenvalue weighted by atomic mass is 9.69. The molecule has 1 aliphatic rings. The number of anilines is 1. The molecule has 2 N–H and O–H groups in total. The average molecular weight is 289 g/mol. The van der Waals surface area contributed by atoms with Crippen LogP contribution >= 0.6 is 0 Å². The number of hydrogen-bond donors (Lipinski definition) is 2. The smallest absolute Gasteiger partial charge is 0.335 e. The van der Waals surface area contributed by atoms with Gasteiger partial charge in [-0.2, -0.15) is 0 Å². The number of benzene rings is 1. The Labute approximate surface area is 127 Å². The van der Waals surface area contributed by atoms with Crippen molar-refractivity contribution in [3.63, 3.8) is 0 Å². The first kappa shape index (κ1) is 15.9. The molecule has 1 fully saturated rings. The molecule has 116 valence electrons. The lowest BCUT2D eigenvalue weighted by Gasteiger charge is -2.39. The van der Waals surface area contributed by atoms with E-state index >= 15 is 0 Å². The molecule has 0 unspecified atom stereocenters. The van der Waals surface area contributed by atoms with Gasteiger partial charge in [0.2, 0.25) is 0 Å². The molecule has 0 atom stereocenters. The Balaban J connectivity index is 1.87. The van der Waals surface area contributed by atoms with Gasteiger partial charge in [0.05, 0.1) is 5.56 Å². The zero-order valence-corrected chi connectivity index (χ0v) is 13.4. The molecule has 3 heteroatoms. The number of carboxylic acids is 1. The van der Waals surface area contributed by atoms with Gasteiger partial charge in [0.1, 0.15) is 0 Å². The summed E-state index contributed by atoms with van der Waals surface area (Å²) in [6, 6.07) is 7.58. The molecular formula is C18H27NO2. The lowest BCUT2D eigenvalue weighted by Crippen LogP contribution is -2.32. The number of carboxylic acid groups (broad SMARTS) is 1. The molecule has 0 aromatic heterocycles. The van der Waals surface area contributed by atoms with E-state index in [0.717, 1.165) is 11.6 Å². The maximum Gasteiger partial charge on any atom is 0.335 e. The minimum Gasteiger partial charge on any atom is -0.478 e. The standard InChI is InChI=1S/C18H27NO2/c1-4-18(2,3)14-7-11-16(12-8-14)19-15-9-5-13(6-10-15)17(20)21/h5-6,9-10,14,16,19H,4,7-8,11-12H2,1-3H3,(H,20,21). The first-order chi connectivity index (χ1) is 9.92. The van der Waals surface area contributed by atoms with E-state index in [9.17, 15) is 4.79 Å². The topological polar surface area (TPSA) is 49.3 Å². The van der Waals surface area contributed by atoms with Crippen molar-refractivity contribution in [1.82, 2.24) is 0 Å². The van der Waals surface area contributed by atoms with E-state index in [1.807, 2.05) is 12.1 Å². The van der Waals surface area contributed by atoms with Gasteiger partial charge in [0.15, 0.2) is 0 Å². The van der Waals surface area contributed by atoms with Gasteiger partial charge < -0.3 is 10.4 Å². The van der Waals surface area contributed by atoms with Crippen LogP contribution in [0.1, 0.15) is 63.2 Å². The molecule has 0 spiro atoms. The average Bonchev–Trinajstić information content (AvgIpc) is 2.48. The highest BCUT2D eigenvalue weighted by molar-refractivity contribution is 5.87. The van der Waals surface area contributed by atoms with E-state index in [1.54, 1.807) is 12.1 Å². The van der Waals surface area contributed by atoms with E-state index in [1.165, 1.54) is 32.1 Å². The molecule has 1 aromatic carbocycles. The third-order valence-corrected chi connectivity index (χ3v) is 5.25. The lowest BCUT2D eigenvalue weighted by molar-refractivity contribution is 0.0697. The van der Waals surface area contributed by atoms with Crippen LogP contribution < -0.4 is 5.32 Å². The van der Waals surface area contributed by atoms with Crippen LogP contribution in [0.25, 0.3) is 0 Å². The van der Waals surface area contributed by atoms with Crippen molar-refractivity contribution in [3.8, 4) is 0 Å². The minimum atomic E-state index is -0.871. The van der Waals surface area contributed by atoms with Gasteiger partial charge in [-0.1, -0.05) is 27.2 Å². The predicted molar refractivity (Wildman–Crippen MR) is 86.8 cm³/mol. The van der Waals surface area contributed by atoms with Crippen LogP contribution in [0.2, 0.25) is 0 Å². The summed E-state index contributed by atoms with van der Waals surface area (Å²) in [5, 5.41) is 12.4.